The predicted molar refractivity (Wildman–Crippen MR) is 80.2 cm³/mol. The van der Waals surface area contributed by atoms with Crippen molar-refractivity contribution in [3.8, 4) is 0 Å². The van der Waals surface area contributed by atoms with Crippen LogP contribution < -0.4 is 0 Å². The molecule has 114 valence electrons. The van der Waals surface area contributed by atoms with Gasteiger partial charge in [-0.15, -0.1) is 0 Å². The summed E-state index contributed by atoms with van der Waals surface area (Å²) in [5, 5.41) is 9.48. The molecule has 0 spiro atoms. The van der Waals surface area contributed by atoms with Crippen LogP contribution in [-0.2, 0) is 22.5 Å². The third-order valence-electron chi connectivity index (χ3n) is 4.63. The van der Waals surface area contributed by atoms with Gasteiger partial charge in [-0.2, -0.15) is 0 Å². The Morgan fingerprint density at radius 2 is 2.14 bits per heavy atom. The van der Waals surface area contributed by atoms with E-state index >= 15 is 0 Å². The molecule has 21 heavy (non-hydrogen) atoms. The molecule has 1 aromatic rings. The molecule has 2 aliphatic rings. The fraction of sp³-hybridized carbons (Fsp3) is 0.588. The Hall–Kier alpha value is -1.39. The molecule has 0 aromatic heterocycles. The molecule has 3 rings (SSSR count). The van der Waals surface area contributed by atoms with Gasteiger partial charge in [0, 0.05) is 13.2 Å². The Labute approximate surface area is 125 Å². The van der Waals surface area contributed by atoms with E-state index < -0.39 is 5.97 Å². The molecule has 0 bridgehead atoms. The molecule has 1 unspecified atom stereocenters. The van der Waals surface area contributed by atoms with Crippen LogP contribution in [-0.4, -0.2) is 41.3 Å². The summed E-state index contributed by atoms with van der Waals surface area (Å²) < 4.78 is 5.64. The first-order chi connectivity index (χ1) is 10.2. The maximum atomic E-state index is 11.5. The predicted octanol–water partition coefficient (Wildman–Crippen LogP) is 2.46. The van der Waals surface area contributed by atoms with Gasteiger partial charge in [0.2, 0.25) is 0 Å². The highest BCUT2D eigenvalue weighted by molar-refractivity contribution is 5.74. The van der Waals surface area contributed by atoms with E-state index in [0.717, 1.165) is 39.0 Å². The quantitative estimate of drug-likeness (QED) is 0.904. The van der Waals surface area contributed by atoms with Gasteiger partial charge in [0.15, 0.2) is 0 Å². The molecule has 0 radical (unpaired) electrons. The number of carbonyl (C=O) groups is 1. The van der Waals surface area contributed by atoms with E-state index in [1.807, 2.05) is 12.1 Å². The molecule has 0 amide bonds. The minimum absolute atomic E-state index is 0.385. The van der Waals surface area contributed by atoms with Crippen molar-refractivity contribution in [2.45, 2.75) is 50.8 Å². The number of hydrogen-bond acceptors (Lipinski definition) is 3. The Bertz CT molecular complexity index is 497. The average Bonchev–Trinajstić information content (AvgIpc) is 2.99. The molecule has 1 N–H and O–H groups in total. The standard InChI is InChI=1S/C17H23NO3/c19-17(20)16-11-13-5-1-2-6-14(13)12-18(16)9-3-7-15-8-4-10-21-15/h1-2,5-6,15-16H,3-4,7-12H2,(H,19,20)/t15?,16-/m0/s1. The van der Waals surface area contributed by atoms with Gasteiger partial charge in [0.25, 0.3) is 0 Å². The lowest BCUT2D eigenvalue weighted by Gasteiger charge is -2.34. The summed E-state index contributed by atoms with van der Waals surface area (Å²) >= 11 is 0. The summed E-state index contributed by atoms with van der Waals surface area (Å²) in [6.07, 6.45) is 5.39. The number of nitrogens with zero attached hydrogens (tertiary/aromatic N) is 1. The van der Waals surface area contributed by atoms with Crippen LogP contribution in [0.25, 0.3) is 0 Å². The van der Waals surface area contributed by atoms with Gasteiger partial charge in [0.05, 0.1) is 6.10 Å². The van der Waals surface area contributed by atoms with Gasteiger partial charge in [-0.1, -0.05) is 24.3 Å². The smallest absolute Gasteiger partial charge is 0.321 e. The first-order valence-corrected chi connectivity index (χ1v) is 7.89. The number of carboxylic acid groups (broad SMARTS) is 1. The average molecular weight is 289 g/mol. The minimum Gasteiger partial charge on any atom is -0.480 e. The fourth-order valence-electron chi connectivity index (χ4n) is 3.45. The summed E-state index contributed by atoms with van der Waals surface area (Å²) in [7, 11) is 0. The number of rotatable bonds is 5. The molecule has 1 saturated heterocycles. The van der Waals surface area contributed by atoms with Crippen LogP contribution in [0.3, 0.4) is 0 Å². The summed E-state index contributed by atoms with van der Waals surface area (Å²) in [5.74, 6) is -0.707. The number of carboxylic acids is 1. The van der Waals surface area contributed by atoms with E-state index in [4.69, 9.17) is 4.74 Å². The number of hydrogen-bond donors (Lipinski definition) is 1. The van der Waals surface area contributed by atoms with Crippen molar-refractivity contribution in [2.24, 2.45) is 0 Å². The van der Waals surface area contributed by atoms with Crippen LogP contribution in [0.5, 0.6) is 0 Å². The summed E-state index contributed by atoms with van der Waals surface area (Å²) in [5.41, 5.74) is 2.45. The molecule has 1 aromatic carbocycles. The summed E-state index contributed by atoms with van der Waals surface area (Å²) in [6.45, 7) is 2.48. The van der Waals surface area contributed by atoms with Crippen molar-refractivity contribution < 1.29 is 14.6 Å². The zero-order valence-corrected chi connectivity index (χ0v) is 12.3. The normalized spacial score (nSPS) is 25.7. The molecule has 4 heteroatoms. The second-order valence-corrected chi connectivity index (χ2v) is 6.07. The lowest BCUT2D eigenvalue weighted by Crippen LogP contribution is -2.46. The second-order valence-electron chi connectivity index (χ2n) is 6.07. The molecule has 0 saturated carbocycles. The molecule has 2 heterocycles. The van der Waals surface area contributed by atoms with E-state index in [9.17, 15) is 9.90 Å². The van der Waals surface area contributed by atoms with E-state index in [-0.39, 0.29) is 6.04 Å². The lowest BCUT2D eigenvalue weighted by atomic mass is 9.93. The lowest BCUT2D eigenvalue weighted by molar-refractivity contribution is -0.144. The van der Waals surface area contributed by atoms with E-state index in [1.54, 1.807) is 0 Å². The van der Waals surface area contributed by atoms with Gasteiger partial charge in [-0.25, -0.2) is 0 Å². The molecule has 2 atom stereocenters. The van der Waals surface area contributed by atoms with Crippen molar-refractivity contribution in [3.63, 3.8) is 0 Å². The van der Waals surface area contributed by atoms with Gasteiger partial charge in [-0.05, 0) is 49.8 Å². The van der Waals surface area contributed by atoms with E-state index in [2.05, 4.69) is 17.0 Å². The number of benzene rings is 1. The topological polar surface area (TPSA) is 49.8 Å². The monoisotopic (exact) mass is 289 g/mol. The zero-order valence-electron chi connectivity index (χ0n) is 12.3. The third-order valence-corrected chi connectivity index (χ3v) is 4.63. The van der Waals surface area contributed by atoms with Crippen LogP contribution >= 0.6 is 0 Å². The Morgan fingerprint density at radius 3 is 2.86 bits per heavy atom. The van der Waals surface area contributed by atoms with Gasteiger partial charge >= 0.3 is 5.97 Å². The van der Waals surface area contributed by atoms with Crippen LogP contribution in [0.2, 0.25) is 0 Å². The fourth-order valence-corrected chi connectivity index (χ4v) is 3.45. The molecule has 0 aliphatic carbocycles. The van der Waals surface area contributed by atoms with Gasteiger partial charge in [-0.3, -0.25) is 9.69 Å². The Balaban J connectivity index is 1.60. The maximum absolute atomic E-state index is 11.5. The largest absolute Gasteiger partial charge is 0.480 e. The van der Waals surface area contributed by atoms with Crippen LogP contribution in [0.4, 0.5) is 0 Å². The van der Waals surface area contributed by atoms with Crippen molar-refractivity contribution >= 4 is 5.97 Å². The molecule has 2 aliphatic heterocycles. The number of ether oxygens (including phenoxy) is 1. The number of fused-ring (bicyclic) bond motifs is 1. The van der Waals surface area contributed by atoms with Crippen molar-refractivity contribution in [1.82, 2.24) is 4.90 Å². The SMILES string of the molecule is O=C(O)[C@@H]1Cc2ccccc2CN1CCCC1CCCO1. The van der Waals surface area contributed by atoms with E-state index in [0.29, 0.717) is 12.5 Å². The first-order valence-electron chi connectivity index (χ1n) is 7.89. The number of aliphatic carboxylic acids is 1. The first kappa shape index (κ1) is 14.5. The molecular weight excluding hydrogens is 266 g/mol. The third kappa shape index (κ3) is 3.44. The van der Waals surface area contributed by atoms with Crippen molar-refractivity contribution in [1.29, 1.82) is 0 Å². The zero-order chi connectivity index (χ0) is 14.7. The van der Waals surface area contributed by atoms with E-state index in [1.165, 1.54) is 17.5 Å². The van der Waals surface area contributed by atoms with Gasteiger partial charge in [0.1, 0.15) is 6.04 Å². The molecule has 4 nitrogen and oxygen atoms in total. The highest BCUT2D eigenvalue weighted by atomic mass is 16.5. The summed E-state index contributed by atoms with van der Waals surface area (Å²) in [4.78, 5) is 13.6. The van der Waals surface area contributed by atoms with Gasteiger partial charge < -0.3 is 9.84 Å². The summed E-state index contributed by atoms with van der Waals surface area (Å²) in [6, 6.07) is 7.80. The van der Waals surface area contributed by atoms with Crippen molar-refractivity contribution in [2.75, 3.05) is 13.2 Å². The van der Waals surface area contributed by atoms with Crippen LogP contribution in [0.15, 0.2) is 24.3 Å². The minimum atomic E-state index is -0.707. The Morgan fingerprint density at radius 1 is 1.33 bits per heavy atom. The second kappa shape index (κ2) is 6.58. The highest BCUT2D eigenvalue weighted by Crippen LogP contribution is 2.24. The van der Waals surface area contributed by atoms with Crippen LogP contribution in [0, 0.1) is 0 Å². The maximum Gasteiger partial charge on any atom is 0.321 e. The van der Waals surface area contributed by atoms with Crippen molar-refractivity contribution in [3.05, 3.63) is 35.4 Å². The molecule has 1 fully saturated rings. The van der Waals surface area contributed by atoms with Crippen LogP contribution in [0.1, 0.15) is 36.8 Å². The highest BCUT2D eigenvalue weighted by Gasteiger charge is 2.31. The Kier molecular flexibility index (Phi) is 4.56. The molecular formula is C17H23NO3.